The van der Waals surface area contributed by atoms with Gasteiger partial charge in [-0.05, 0) is 37.4 Å². The number of hydrogen-bond acceptors (Lipinski definition) is 1. The Bertz CT molecular complexity index is 382. The molecule has 1 atom stereocenters. The predicted octanol–water partition coefficient (Wildman–Crippen LogP) is 3.77. The molecular weight excluding hydrogens is 227 g/mol. The molecule has 4 heteroatoms. The van der Waals surface area contributed by atoms with E-state index in [2.05, 4.69) is 5.32 Å². The monoisotopic (exact) mass is 243 g/mol. The van der Waals surface area contributed by atoms with Crippen LogP contribution in [0.1, 0.15) is 36.4 Å². The third kappa shape index (κ3) is 2.46. The van der Waals surface area contributed by atoms with Crippen LogP contribution in [0.5, 0.6) is 0 Å². The van der Waals surface area contributed by atoms with E-state index in [9.17, 15) is 13.2 Å². The summed E-state index contributed by atoms with van der Waals surface area (Å²) in [6, 6.07) is 5.69. The van der Waals surface area contributed by atoms with Crippen LogP contribution in [0.3, 0.4) is 0 Å². The molecule has 0 bridgehead atoms. The first kappa shape index (κ1) is 12.4. The molecule has 0 saturated heterocycles. The van der Waals surface area contributed by atoms with Crippen molar-refractivity contribution < 1.29 is 13.2 Å². The summed E-state index contributed by atoms with van der Waals surface area (Å²) in [4.78, 5) is 0. The van der Waals surface area contributed by atoms with Crippen molar-refractivity contribution in [2.45, 2.75) is 31.5 Å². The van der Waals surface area contributed by atoms with Crippen LogP contribution in [-0.2, 0) is 6.18 Å². The molecule has 1 aliphatic carbocycles. The van der Waals surface area contributed by atoms with E-state index >= 15 is 0 Å². The summed E-state index contributed by atoms with van der Waals surface area (Å²) in [6.45, 7) is 0. The van der Waals surface area contributed by atoms with Crippen LogP contribution in [0, 0.1) is 5.92 Å². The second kappa shape index (κ2) is 4.69. The van der Waals surface area contributed by atoms with Crippen LogP contribution in [-0.4, -0.2) is 7.05 Å². The molecule has 17 heavy (non-hydrogen) atoms. The van der Waals surface area contributed by atoms with Gasteiger partial charge in [-0.25, -0.2) is 0 Å². The van der Waals surface area contributed by atoms with Gasteiger partial charge in [-0.3, -0.25) is 0 Å². The minimum absolute atomic E-state index is 0.179. The molecule has 0 aliphatic heterocycles. The molecule has 0 radical (unpaired) electrons. The summed E-state index contributed by atoms with van der Waals surface area (Å²) >= 11 is 0. The predicted molar refractivity (Wildman–Crippen MR) is 60.6 cm³/mol. The fraction of sp³-hybridized carbons (Fsp3) is 0.538. The van der Waals surface area contributed by atoms with Gasteiger partial charge in [0.25, 0.3) is 0 Å². The van der Waals surface area contributed by atoms with E-state index in [0.29, 0.717) is 11.5 Å². The van der Waals surface area contributed by atoms with E-state index in [1.165, 1.54) is 12.1 Å². The lowest BCUT2D eigenvalue weighted by molar-refractivity contribution is -0.138. The normalized spacial score (nSPS) is 18.8. The second-order valence-corrected chi connectivity index (χ2v) is 4.54. The van der Waals surface area contributed by atoms with E-state index in [4.69, 9.17) is 0 Å². The lowest BCUT2D eigenvalue weighted by atomic mass is 9.76. The summed E-state index contributed by atoms with van der Waals surface area (Å²) in [7, 11) is 1.73. The number of benzene rings is 1. The van der Waals surface area contributed by atoms with Gasteiger partial charge in [-0.1, -0.05) is 24.6 Å². The van der Waals surface area contributed by atoms with Crippen LogP contribution in [0.15, 0.2) is 24.3 Å². The molecule has 0 aromatic heterocycles. The van der Waals surface area contributed by atoms with Gasteiger partial charge in [0, 0.05) is 6.04 Å². The molecule has 1 N–H and O–H groups in total. The maximum atomic E-state index is 12.9. The molecule has 94 valence electrons. The first-order chi connectivity index (χ1) is 8.04. The molecule has 0 heterocycles. The first-order valence-corrected chi connectivity index (χ1v) is 5.87. The molecule has 1 aliphatic rings. The van der Waals surface area contributed by atoms with Gasteiger partial charge < -0.3 is 5.32 Å². The van der Waals surface area contributed by atoms with Gasteiger partial charge in [0.1, 0.15) is 0 Å². The fourth-order valence-electron chi connectivity index (χ4n) is 2.44. The molecule has 1 aromatic rings. The highest BCUT2D eigenvalue weighted by molar-refractivity contribution is 5.33. The maximum absolute atomic E-state index is 12.9. The Morgan fingerprint density at radius 3 is 2.35 bits per heavy atom. The summed E-state index contributed by atoms with van der Waals surface area (Å²) in [6.07, 6.45) is -1.12. The topological polar surface area (TPSA) is 12.0 Å². The minimum Gasteiger partial charge on any atom is -0.313 e. The third-order valence-electron chi connectivity index (χ3n) is 3.53. The second-order valence-electron chi connectivity index (χ2n) is 4.54. The molecule has 0 amide bonds. The Labute approximate surface area is 99.0 Å². The minimum atomic E-state index is -4.27. The summed E-state index contributed by atoms with van der Waals surface area (Å²) in [5, 5.41) is 3.03. The Morgan fingerprint density at radius 1 is 1.24 bits per heavy atom. The molecule has 1 aromatic carbocycles. The van der Waals surface area contributed by atoms with Crippen molar-refractivity contribution in [2.24, 2.45) is 5.92 Å². The zero-order valence-corrected chi connectivity index (χ0v) is 9.72. The third-order valence-corrected chi connectivity index (χ3v) is 3.53. The highest BCUT2D eigenvalue weighted by Crippen LogP contribution is 2.42. The van der Waals surface area contributed by atoms with Gasteiger partial charge in [-0.2, -0.15) is 13.2 Å². The lowest BCUT2D eigenvalue weighted by Crippen LogP contribution is -2.31. The highest BCUT2D eigenvalue weighted by Gasteiger charge is 2.37. The number of nitrogens with one attached hydrogen (secondary N) is 1. The molecule has 1 fully saturated rings. The van der Waals surface area contributed by atoms with Crippen LogP contribution in [0.4, 0.5) is 13.2 Å². The van der Waals surface area contributed by atoms with E-state index in [1.54, 1.807) is 19.2 Å². The fourth-order valence-corrected chi connectivity index (χ4v) is 2.44. The smallest absolute Gasteiger partial charge is 0.313 e. The Hall–Kier alpha value is -1.03. The van der Waals surface area contributed by atoms with Gasteiger partial charge in [-0.15, -0.1) is 0 Å². The molecule has 1 unspecified atom stereocenters. The summed E-state index contributed by atoms with van der Waals surface area (Å²) in [5.41, 5.74) is -0.126. The van der Waals surface area contributed by atoms with Crippen molar-refractivity contribution in [3.63, 3.8) is 0 Å². The van der Waals surface area contributed by atoms with Crippen LogP contribution in [0.2, 0.25) is 0 Å². The van der Waals surface area contributed by atoms with Crippen molar-refractivity contribution in [3.05, 3.63) is 35.4 Å². The van der Waals surface area contributed by atoms with Crippen molar-refractivity contribution in [3.8, 4) is 0 Å². The molecule has 2 rings (SSSR count). The van der Waals surface area contributed by atoms with E-state index < -0.39 is 11.7 Å². The standard InChI is InChI=1S/C13H16F3N/c1-17-12(9-5-4-6-9)10-7-2-3-8-11(10)13(14,15)16/h2-3,7-9,12,17H,4-6H2,1H3. The number of halogens is 3. The summed E-state index contributed by atoms with van der Waals surface area (Å²) < 4.78 is 38.7. The maximum Gasteiger partial charge on any atom is 0.416 e. The molecule has 1 saturated carbocycles. The Morgan fingerprint density at radius 2 is 1.88 bits per heavy atom. The molecule has 1 nitrogen and oxygen atoms in total. The number of hydrogen-bond donors (Lipinski definition) is 1. The largest absolute Gasteiger partial charge is 0.416 e. The van der Waals surface area contributed by atoms with Crippen molar-refractivity contribution in [1.82, 2.24) is 5.32 Å². The SMILES string of the molecule is CNC(c1ccccc1C(F)(F)F)C1CCC1. The first-order valence-electron chi connectivity index (χ1n) is 5.87. The molecule has 0 spiro atoms. The van der Waals surface area contributed by atoms with Gasteiger partial charge in [0.2, 0.25) is 0 Å². The van der Waals surface area contributed by atoms with Gasteiger partial charge in [0.05, 0.1) is 5.56 Å². The van der Waals surface area contributed by atoms with Crippen molar-refractivity contribution in [2.75, 3.05) is 7.05 Å². The van der Waals surface area contributed by atoms with Crippen LogP contribution >= 0.6 is 0 Å². The average molecular weight is 243 g/mol. The Balaban J connectivity index is 2.35. The quantitative estimate of drug-likeness (QED) is 0.852. The Kier molecular flexibility index (Phi) is 3.43. The summed E-state index contributed by atoms with van der Waals surface area (Å²) in [5.74, 6) is 0.337. The van der Waals surface area contributed by atoms with Gasteiger partial charge in [0.15, 0.2) is 0 Å². The average Bonchev–Trinajstić information content (AvgIpc) is 2.22. The number of rotatable bonds is 3. The highest BCUT2D eigenvalue weighted by atomic mass is 19.4. The van der Waals surface area contributed by atoms with Gasteiger partial charge >= 0.3 is 6.18 Å². The van der Waals surface area contributed by atoms with Crippen LogP contribution < -0.4 is 5.32 Å². The zero-order chi connectivity index (χ0) is 12.5. The number of alkyl halides is 3. The molecular formula is C13H16F3N. The van der Waals surface area contributed by atoms with Crippen molar-refractivity contribution in [1.29, 1.82) is 0 Å². The van der Waals surface area contributed by atoms with E-state index in [-0.39, 0.29) is 6.04 Å². The van der Waals surface area contributed by atoms with E-state index in [0.717, 1.165) is 19.3 Å². The van der Waals surface area contributed by atoms with Crippen molar-refractivity contribution >= 4 is 0 Å². The van der Waals surface area contributed by atoms with E-state index in [1.807, 2.05) is 0 Å². The zero-order valence-electron chi connectivity index (χ0n) is 9.72. The van der Waals surface area contributed by atoms with Crippen LogP contribution in [0.25, 0.3) is 0 Å². The lowest BCUT2D eigenvalue weighted by Gasteiger charge is -2.35.